The van der Waals surface area contributed by atoms with Crippen molar-refractivity contribution in [2.45, 2.75) is 12.2 Å². The van der Waals surface area contributed by atoms with Crippen molar-refractivity contribution in [1.29, 1.82) is 0 Å². The molecule has 14 heavy (non-hydrogen) atoms. The molecule has 0 aromatic carbocycles. The molecule has 4 heteroatoms. The van der Waals surface area contributed by atoms with E-state index < -0.39 is 12.2 Å². The van der Waals surface area contributed by atoms with Crippen LogP contribution in [0.2, 0.25) is 0 Å². The highest BCUT2D eigenvalue weighted by Gasteiger charge is 2.08. The van der Waals surface area contributed by atoms with E-state index in [0.29, 0.717) is 0 Å². The second-order valence-corrected chi connectivity index (χ2v) is 2.10. The van der Waals surface area contributed by atoms with Crippen LogP contribution in [0.25, 0.3) is 0 Å². The fourth-order valence-corrected chi connectivity index (χ4v) is 0.502. The van der Waals surface area contributed by atoms with Gasteiger partial charge in [0.25, 0.3) is 0 Å². The van der Waals surface area contributed by atoms with Gasteiger partial charge in [0.1, 0.15) is 13.2 Å². The summed E-state index contributed by atoms with van der Waals surface area (Å²) in [5.74, 6) is 13.3. The van der Waals surface area contributed by atoms with Crippen molar-refractivity contribution in [1.82, 2.24) is 0 Å². The maximum atomic E-state index is 9.11. The minimum absolute atomic E-state index is 0.308. The first-order valence-electron chi connectivity index (χ1n) is 3.77. The second-order valence-electron chi connectivity index (χ2n) is 2.10. The predicted molar refractivity (Wildman–Crippen MR) is 49.5 cm³/mol. The third kappa shape index (κ3) is 6.08. The molecular weight excluding hydrogens is 184 g/mol. The molecule has 0 radical (unpaired) electrons. The zero-order valence-electron chi connectivity index (χ0n) is 7.36. The van der Waals surface area contributed by atoms with E-state index in [1.807, 2.05) is 0 Å². The van der Waals surface area contributed by atoms with Crippen LogP contribution in [0.4, 0.5) is 0 Å². The topological polar surface area (TPSA) is 80.9 Å². The molecular formula is C10H10O4. The standard InChI is InChI=1S/C10H10O4/c11-7-3-1-2-5-9(13)10(14)6-4-8-12/h9-14H,7-8H2. The van der Waals surface area contributed by atoms with Crippen molar-refractivity contribution in [3.63, 3.8) is 0 Å². The Morgan fingerprint density at radius 1 is 0.786 bits per heavy atom. The molecule has 0 saturated heterocycles. The van der Waals surface area contributed by atoms with E-state index in [4.69, 9.17) is 20.4 Å². The molecule has 0 heterocycles. The highest BCUT2D eigenvalue weighted by molar-refractivity contribution is 5.29. The zero-order chi connectivity index (χ0) is 10.8. The number of aliphatic hydroxyl groups is 4. The lowest BCUT2D eigenvalue weighted by molar-refractivity contribution is 0.0931. The Hall–Kier alpha value is -1.48. The Kier molecular flexibility index (Phi) is 7.27. The molecule has 0 aliphatic rings. The lowest BCUT2D eigenvalue weighted by atomic mass is 10.2. The van der Waals surface area contributed by atoms with Crippen LogP contribution in [-0.2, 0) is 0 Å². The van der Waals surface area contributed by atoms with Gasteiger partial charge in [0, 0.05) is 0 Å². The van der Waals surface area contributed by atoms with Gasteiger partial charge in [-0.3, -0.25) is 0 Å². The maximum Gasteiger partial charge on any atom is 0.152 e. The van der Waals surface area contributed by atoms with Crippen molar-refractivity contribution < 1.29 is 20.4 Å². The normalized spacial score (nSPS) is 12.0. The predicted octanol–water partition coefficient (Wildman–Crippen LogP) is -2.30. The molecule has 0 aliphatic carbocycles. The van der Waals surface area contributed by atoms with Gasteiger partial charge in [0.15, 0.2) is 12.2 Å². The van der Waals surface area contributed by atoms with Crippen LogP contribution in [0.5, 0.6) is 0 Å². The number of hydrogen-bond acceptors (Lipinski definition) is 4. The molecule has 2 atom stereocenters. The summed E-state index contributed by atoms with van der Waals surface area (Å²) in [6.45, 7) is -0.695. The minimum Gasteiger partial charge on any atom is -0.384 e. The molecule has 0 rings (SSSR count). The molecule has 0 amide bonds. The maximum absolute atomic E-state index is 9.11. The second kappa shape index (κ2) is 8.13. The summed E-state index contributed by atoms with van der Waals surface area (Å²) >= 11 is 0. The van der Waals surface area contributed by atoms with Gasteiger partial charge in [-0.25, -0.2) is 0 Å². The molecule has 4 N–H and O–H groups in total. The molecule has 4 nitrogen and oxygen atoms in total. The van der Waals surface area contributed by atoms with Gasteiger partial charge in [-0.1, -0.05) is 23.7 Å². The SMILES string of the molecule is OCC#CC#CC(O)C(O)C#CCO. The van der Waals surface area contributed by atoms with E-state index in [1.165, 1.54) is 0 Å². The Balaban J connectivity index is 4.17. The van der Waals surface area contributed by atoms with Crippen molar-refractivity contribution >= 4 is 0 Å². The molecule has 0 saturated carbocycles. The first-order valence-corrected chi connectivity index (χ1v) is 3.77. The summed E-state index contributed by atoms with van der Waals surface area (Å²) in [6, 6.07) is 0. The first-order chi connectivity index (χ1) is 6.72. The highest BCUT2D eigenvalue weighted by atomic mass is 16.3. The third-order valence-corrected chi connectivity index (χ3v) is 1.08. The van der Waals surface area contributed by atoms with Crippen molar-refractivity contribution in [3.8, 4) is 35.5 Å². The van der Waals surface area contributed by atoms with Crippen molar-refractivity contribution in [3.05, 3.63) is 0 Å². The number of aliphatic hydroxyl groups excluding tert-OH is 4. The average molecular weight is 194 g/mol. The van der Waals surface area contributed by atoms with E-state index in [1.54, 1.807) is 0 Å². The molecule has 0 aromatic rings. The van der Waals surface area contributed by atoms with Crippen LogP contribution in [-0.4, -0.2) is 45.8 Å². The molecule has 0 aliphatic heterocycles. The van der Waals surface area contributed by atoms with Gasteiger partial charge in [-0.2, -0.15) is 0 Å². The van der Waals surface area contributed by atoms with E-state index in [-0.39, 0.29) is 13.2 Å². The van der Waals surface area contributed by atoms with Gasteiger partial charge in [-0.15, -0.1) is 0 Å². The molecule has 0 bridgehead atoms. The number of hydrogen-bond donors (Lipinski definition) is 4. The van der Waals surface area contributed by atoms with Gasteiger partial charge in [0.2, 0.25) is 0 Å². The molecule has 74 valence electrons. The minimum atomic E-state index is -1.33. The van der Waals surface area contributed by atoms with Gasteiger partial charge in [-0.05, 0) is 11.8 Å². The average Bonchev–Trinajstić information content (AvgIpc) is 2.20. The zero-order valence-corrected chi connectivity index (χ0v) is 7.36. The summed E-state index contributed by atoms with van der Waals surface area (Å²) in [7, 11) is 0. The first kappa shape index (κ1) is 12.5. The van der Waals surface area contributed by atoms with Crippen LogP contribution in [0.1, 0.15) is 0 Å². The monoisotopic (exact) mass is 194 g/mol. The molecule has 2 unspecified atom stereocenters. The van der Waals surface area contributed by atoms with Gasteiger partial charge < -0.3 is 20.4 Å². The van der Waals surface area contributed by atoms with Crippen molar-refractivity contribution in [2.24, 2.45) is 0 Å². The summed E-state index contributed by atoms with van der Waals surface area (Å²) in [6.07, 6.45) is -2.66. The van der Waals surface area contributed by atoms with Crippen molar-refractivity contribution in [2.75, 3.05) is 13.2 Å². The van der Waals surface area contributed by atoms with E-state index >= 15 is 0 Å². The van der Waals surface area contributed by atoms with Crippen LogP contribution >= 0.6 is 0 Å². The summed E-state index contributed by atoms with van der Waals surface area (Å²) in [5, 5.41) is 34.7. The van der Waals surface area contributed by atoms with Crippen LogP contribution < -0.4 is 0 Å². The fraction of sp³-hybridized carbons (Fsp3) is 0.400. The fourth-order valence-electron chi connectivity index (χ4n) is 0.502. The molecule has 0 spiro atoms. The molecule has 0 fully saturated rings. The van der Waals surface area contributed by atoms with Gasteiger partial charge >= 0.3 is 0 Å². The highest BCUT2D eigenvalue weighted by Crippen LogP contribution is 1.88. The Morgan fingerprint density at radius 3 is 1.93 bits per heavy atom. The lowest BCUT2D eigenvalue weighted by Gasteiger charge is -2.03. The van der Waals surface area contributed by atoms with Gasteiger partial charge in [0.05, 0.1) is 0 Å². The van der Waals surface area contributed by atoms with Crippen LogP contribution in [0.15, 0.2) is 0 Å². The Labute approximate surface area is 82.2 Å². The lowest BCUT2D eigenvalue weighted by Crippen LogP contribution is -2.22. The molecule has 0 aromatic heterocycles. The third-order valence-electron chi connectivity index (χ3n) is 1.08. The summed E-state index contributed by atoms with van der Waals surface area (Å²) < 4.78 is 0. The quantitative estimate of drug-likeness (QED) is 0.354. The van der Waals surface area contributed by atoms with E-state index in [9.17, 15) is 0 Å². The van der Waals surface area contributed by atoms with Crippen LogP contribution in [0, 0.1) is 35.5 Å². The van der Waals surface area contributed by atoms with E-state index in [0.717, 1.165) is 0 Å². The van der Waals surface area contributed by atoms with Crippen LogP contribution in [0.3, 0.4) is 0 Å². The van der Waals surface area contributed by atoms with E-state index in [2.05, 4.69) is 35.5 Å². The smallest absolute Gasteiger partial charge is 0.152 e. The number of rotatable bonds is 1. The summed E-state index contributed by atoms with van der Waals surface area (Å²) in [5.41, 5.74) is 0. The largest absolute Gasteiger partial charge is 0.384 e. The summed E-state index contributed by atoms with van der Waals surface area (Å²) in [4.78, 5) is 0. The Bertz CT molecular complexity index is 328. The Morgan fingerprint density at radius 2 is 1.36 bits per heavy atom.